The first kappa shape index (κ1) is 16.6. The fraction of sp³-hybridized carbons (Fsp3) is 0.462. The molecular weight excluding hydrogens is 282 g/mol. The van der Waals surface area contributed by atoms with Crippen LogP contribution in [0.25, 0.3) is 0 Å². The summed E-state index contributed by atoms with van der Waals surface area (Å²) in [6.45, 7) is 0.927. The molecule has 1 rings (SSSR count). The number of ether oxygens (including phenoxy) is 1. The van der Waals surface area contributed by atoms with E-state index in [9.17, 15) is 13.2 Å². The summed E-state index contributed by atoms with van der Waals surface area (Å²) in [7, 11) is -3.53. The average molecular weight is 301 g/mol. The van der Waals surface area contributed by atoms with Crippen LogP contribution >= 0.6 is 0 Å². The normalized spacial score (nSPS) is 11.4. The highest BCUT2D eigenvalue weighted by Gasteiger charge is 2.11. The van der Waals surface area contributed by atoms with E-state index in [0.29, 0.717) is 6.61 Å². The minimum absolute atomic E-state index is 0.150. The maximum absolute atomic E-state index is 11.4. The third-order valence-electron chi connectivity index (χ3n) is 2.53. The summed E-state index contributed by atoms with van der Waals surface area (Å²) < 4.78 is 30.3. The molecule has 112 valence electrons. The predicted octanol–water partition coefficient (Wildman–Crippen LogP) is 0.640. The molecule has 0 bridgehead atoms. The van der Waals surface area contributed by atoms with E-state index in [4.69, 9.17) is 9.84 Å². The van der Waals surface area contributed by atoms with Crippen molar-refractivity contribution in [3.05, 3.63) is 35.9 Å². The molecule has 0 fully saturated rings. The molecule has 0 saturated heterocycles. The lowest BCUT2D eigenvalue weighted by atomic mass is 10.2. The van der Waals surface area contributed by atoms with Gasteiger partial charge in [-0.25, -0.2) is 13.1 Å². The molecular formula is C13H19NO5S. The lowest BCUT2D eigenvalue weighted by molar-refractivity contribution is -0.136. The summed E-state index contributed by atoms with van der Waals surface area (Å²) >= 11 is 0. The Morgan fingerprint density at radius 3 is 2.55 bits per heavy atom. The highest BCUT2D eigenvalue weighted by Crippen LogP contribution is 1.99. The molecule has 7 heteroatoms. The molecule has 0 unspecified atom stereocenters. The number of hydrogen-bond donors (Lipinski definition) is 2. The van der Waals surface area contributed by atoms with Gasteiger partial charge in [0.05, 0.1) is 25.4 Å². The first-order chi connectivity index (χ1) is 9.49. The zero-order chi connectivity index (χ0) is 14.8. The topological polar surface area (TPSA) is 92.7 Å². The van der Waals surface area contributed by atoms with Gasteiger partial charge in [-0.3, -0.25) is 4.79 Å². The van der Waals surface area contributed by atoms with E-state index in [1.165, 1.54) is 0 Å². The number of carbonyl (C=O) groups is 1. The van der Waals surface area contributed by atoms with Crippen LogP contribution in [0.5, 0.6) is 0 Å². The number of rotatable bonds is 10. The minimum atomic E-state index is -3.53. The van der Waals surface area contributed by atoms with E-state index >= 15 is 0 Å². The second kappa shape index (κ2) is 8.68. The second-order valence-corrected chi connectivity index (χ2v) is 6.13. The van der Waals surface area contributed by atoms with Crippen LogP contribution < -0.4 is 4.72 Å². The zero-order valence-electron chi connectivity index (χ0n) is 11.1. The number of aliphatic carboxylic acids is 1. The van der Waals surface area contributed by atoms with Crippen LogP contribution in [-0.4, -0.2) is 45.0 Å². The van der Waals surface area contributed by atoms with Crippen molar-refractivity contribution in [3.8, 4) is 0 Å². The third-order valence-corrected chi connectivity index (χ3v) is 3.92. The minimum Gasteiger partial charge on any atom is -0.481 e. The molecule has 2 N–H and O–H groups in total. The lowest BCUT2D eigenvalue weighted by Crippen LogP contribution is -2.30. The van der Waals surface area contributed by atoms with Crippen LogP contribution in [0.4, 0.5) is 0 Å². The summed E-state index contributed by atoms with van der Waals surface area (Å²) in [4.78, 5) is 10.3. The first-order valence-corrected chi connectivity index (χ1v) is 7.95. The van der Waals surface area contributed by atoms with Crippen LogP contribution in [0.15, 0.2) is 30.3 Å². The van der Waals surface area contributed by atoms with Crippen molar-refractivity contribution in [1.29, 1.82) is 0 Å². The van der Waals surface area contributed by atoms with Gasteiger partial charge in [-0.05, 0) is 12.0 Å². The van der Waals surface area contributed by atoms with E-state index in [1.54, 1.807) is 0 Å². The molecule has 0 amide bonds. The van der Waals surface area contributed by atoms with E-state index in [1.807, 2.05) is 30.3 Å². The van der Waals surface area contributed by atoms with Crippen LogP contribution in [-0.2, 0) is 26.0 Å². The molecule has 0 aliphatic carbocycles. The fourth-order valence-electron chi connectivity index (χ4n) is 1.50. The van der Waals surface area contributed by atoms with Gasteiger partial charge in [0.25, 0.3) is 0 Å². The van der Waals surface area contributed by atoms with Crippen molar-refractivity contribution >= 4 is 16.0 Å². The Hall–Kier alpha value is -1.44. The Morgan fingerprint density at radius 1 is 1.20 bits per heavy atom. The smallest absolute Gasteiger partial charge is 0.304 e. The Labute approximate surface area is 118 Å². The highest BCUT2D eigenvalue weighted by molar-refractivity contribution is 7.89. The van der Waals surface area contributed by atoms with Gasteiger partial charge in [0, 0.05) is 6.54 Å². The molecule has 0 saturated carbocycles. The number of hydrogen-bond acceptors (Lipinski definition) is 4. The molecule has 0 heterocycles. The predicted molar refractivity (Wildman–Crippen MR) is 75.0 cm³/mol. The summed E-state index contributed by atoms with van der Waals surface area (Å²) in [5, 5.41) is 8.41. The van der Waals surface area contributed by atoms with Gasteiger partial charge in [0.15, 0.2) is 0 Å². The molecule has 0 aromatic heterocycles. The van der Waals surface area contributed by atoms with Gasteiger partial charge in [0.2, 0.25) is 10.0 Å². The van der Waals surface area contributed by atoms with E-state index < -0.39 is 28.2 Å². The number of carboxylic acids is 1. The van der Waals surface area contributed by atoms with E-state index in [-0.39, 0.29) is 13.2 Å². The van der Waals surface area contributed by atoms with Crippen molar-refractivity contribution in [3.63, 3.8) is 0 Å². The third kappa shape index (κ3) is 7.88. The van der Waals surface area contributed by atoms with Crippen molar-refractivity contribution in [2.24, 2.45) is 0 Å². The Balaban J connectivity index is 2.08. The van der Waals surface area contributed by atoms with Crippen LogP contribution in [0.1, 0.15) is 12.0 Å². The lowest BCUT2D eigenvalue weighted by Gasteiger charge is -2.06. The largest absolute Gasteiger partial charge is 0.481 e. The summed E-state index contributed by atoms with van der Waals surface area (Å²) in [6, 6.07) is 9.84. The van der Waals surface area contributed by atoms with Crippen molar-refractivity contribution in [1.82, 2.24) is 4.72 Å². The summed E-state index contributed by atoms with van der Waals surface area (Å²) in [5.74, 6) is -1.54. The van der Waals surface area contributed by atoms with Gasteiger partial charge in [0.1, 0.15) is 0 Å². The number of sulfonamides is 1. The first-order valence-electron chi connectivity index (χ1n) is 6.30. The molecule has 6 nitrogen and oxygen atoms in total. The Kier molecular flexibility index (Phi) is 7.21. The summed E-state index contributed by atoms with van der Waals surface area (Å²) in [6.07, 6.45) is 0.372. The monoisotopic (exact) mass is 301 g/mol. The Morgan fingerprint density at radius 2 is 1.90 bits per heavy atom. The standard InChI is InChI=1S/C13H19NO5S/c15-13(16)7-11-20(17,18)14-8-10-19-9-6-12-4-2-1-3-5-12/h1-5,14H,6-11H2,(H,15,16). The molecule has 0 atom stereocenters. The van der Waals surface area contributed by atoms with Crippen LogP contribution in [0.2, 0.25) is 0 Å². The van der Waals surface area contributed by atoms with Gasteiger partial charge in [-0.2, -0.15) is 0 Å². The van der Waals surface area contributed by atoms with Crippen LogP contribution in [0.3, 0.4) is 0 Å². The Bertz CT molecular complexity index is 501. The highest BCUT2D eigenvalue weighted by atomic mass is 32.2. The molecule has 0 aliphatic heterocycles. The van der Waals surface area contributed by atoms with Crippen molar-refractivity contribution < 1.29 is 23.1 Å². The van der Waals surface area contributed by atoms with Gasteiger partial charge in [-0.1, -0.05) is 30.3 Å². The van der Waals surface area contributed by atoms with Crippen LogP contribution in [0, 0.1) is 0 Å². The van der Waals surface area contributed by atoms with E-state index in [2.05, 4.69) is 4.72 Å². The zero-order valence-corrected chi connectivity index (χ0v) is 11.9. The van der Waals surface area contributed by atoms with Gasteiger partial charge < -0.3 is 9.84 Å². The van der Waals surface area contributed by atoms with Gasteiger partial charge >= 0.3 is 5.97 Å². The summed E-state index contributed by atoms with van der Waals surface area (Å²) in [5.41, 5.74) is 1.16. The second-order valence-electron chi connectivity index (χ2n) is 4.20. The molecule has 1 aromatic rings. The molecule has 1 aromatic carbocycles. The van der Waals surface area contributed by atoms with Gasteiger partial charge in [-0.15, -0.1) is 0 Å². The molecule has 0 spiro atoms. The van der Waals surface area contributed by atoms with Crippen molar-refractivity contribution in [2.75, 3.05) is 25.5 Å². The number of benzene rings is 1. The molecule has 20 heavy (non-hydrogen) atoms. The number of nitrogens with one attached hydrogen (secondary N) is 1. The fourth-order valence-corrected chi connectivity index (χ4v) is 2.48. The molecule has 0 radical (unpaired) electrons. The molecule has 0 aliphatic rings. The van der Waals surface area contributed by atoms with Crippen molar-refractivity contribution in [2.45, 2.75) is 12.8 Å². The number of carboxylic acid groups (broad SMARTS) is 1. The quantitative estimate of drug-likeness (QED) is 0.619. The van der Waals surface area contributed by atoms with E-state index in [0.717, 1.165) is 12.0 Å². The maximum Gasteiger partial charge on any atom is 0.304 e. The SMILES string of the molecule is O=C(O)CCS(=O)(=O)NCCOCCc1ccccc1. The average Bonchev–Trinajstić information content (AvgIpc) is 2.42. The maximum atomic E-state index is 11.4.